The largest absolute Gasteiger partial charge is 0.361 e. The molecule has 0 bridgehead atoms. The van der Waals surface area contributed by atoms with Crippen LogP contribution >= 0.6 is 0 Å². The number of amides is 1. The normalized spacial score (nSPS) is 12.6. The average molecular weight is 210 g/mol. The highest BCUT2D eigenvalue weighted by Gasteiger charge is 2.19. The number of carbonyl (C=O) groups excluding carboxylic acids is 1. The molecule has 1 aromatic rings. The number of nitrogens with zero attached hydrogens (tertiary/aromatic N) is 2. The molecule has 4 heteroatoms. The quantitative estimate of drug-likeness (QED) is 0.760. The minimum Gasteiger partial charge on any atom is -0.361 e. The molecule has 1 aromatic heterocycles. The van der Waals surface area contributed by atoms with E-state index >= 15 is 0 Å². The third-order valence-corrected chi connectivity index (χ3v) is 2.55. The van der Waals surface area contributed by atoms with E-state index in [1.807, 2.05) is 20.8 Å². The van der Waals surface area contributed by atoms with Gasteiger partial charge in [-0.2, -0.15) is 0 Å². The van der Waals surface area contributed by atoms with E-state index in [9.17, 15) is 4.79 Å². The van der Waals surface area contributed by atoms with E-state index in [4.69, 9.17) is 4.52 Å². The summed E-state index contributed by atoms with van der Waals surface area (Å²) < 4.78 is 5.06. The van der Waals surface area contributed by atoms with Gasteiger partial charge < -0.3 is 9.42 Å². The van der Waals surface area contributed by atoms with E-state index in [1.54, 1.807) is 19.0 Å². The monoisotopic (exact) mass is 210 g/mol. The molecule has 0 spiro atoms. The number of hydrogen-bond donors (Lipinski definition) is 0. The van der Waals surface area contributed by atoms with Gasteiger partial charge in [-0.25, -0.2) is 0 Å². The minimum atomic E-state index is -0.0307. The highest BCUT2D eigenvalue weighted by molar-refractivity contribution is 5.78. The van der Waals surface area contributed by atoms with Gasteiger partial charge in [-0.3, -0.25) is 4.79 Å². The van der Waals surface area contributed by atoms with Crippen molar-refractivity contribution in [2.45, 2.75) is 27.2 Å². The van der Waals surface area contributed by atoms with Crippen molar-refractivity contribution in [2.75, 3.05) is 14.1 Å². The van der Waals surface area contributed by atoms with Crippen molar-refractivity contribution in [2.24, 2.45) is 5.92 Å². The van der Waals surface area contributed by atoms with Gasteiger partial charge in [0.2, 0.25) is 5.91 Å². The van der Waals surface area contributed by atoms with Crippen LogP contribution < -0.4 is 0 Å². The molecule has 84 valence electrons. The maximum absolute atomic E-state index is 11.7. The molecule has 0 saturated carbocycles. The van der Waals surface area contributed by atoms with Gasteiger partial charge in [0.15, 0.2) is 0 Å². The fourth-order valence-electron chi connectivity index (χ4n) is 1.63. The second kappa shape index (κ2) is 4.47. The Hall–Kier alpha value is -1.32. The van der Waals surface area contributed by atoms with Crippen LogP contribution in [0.25, 0.3) is 0 Å². The van der Waals surface area contributed by atoms with Crippen LogP contribution in [0.1, 0.15) is 23.9 Å². The molecule has 0 aliphatic rings. The van der Waals surface area contributed by atoms with Crippen LogP contribution in [-0.4, -0.2) is 30.1 Å². The van der Waals surface area contributed by atoms with E-state index in [1.165, 1.54) is 0 Å². The van der Waals surface area contributed by atoms with Crippen LogP contribution in [0, 0.1) is 19.8 Å². The van der Waals surface area contributed by atoms with Crippen molar-refractivity contribution in [3.63, 3.8) is 0 Å². The molecule has 0 radical (unpaired) electrons. The molecule has 0 N–H and O–H groups in total. The molecule has 15 heavy (non-hydrogen) atoms. The molecule has 0 fully saturated rings. The van der Waals surface area contributed by atoms with Crippen molar-refractivity contribution < 1.29 is 9.32 Å². The molecule has 4 nitrogen and oxygen atoms in total. The van der Waals surface area contributed by atoms with Gasteiger partial charge in [0, 0.05) is 25.6 Å². The van der Waals surface area contributed by atoms with E-state index in [0.717, 1.165) is 17.0 Å². The summed E-state index contributed by atoms with van der Waals surface area (Å²) in [5.74, 6) is 0.915. The van der Waals surface area contributed by atoms with Gasteiger partial charge in [-0.1, -0.05) is 12.1 Å². The molecule has 0 saturated heterocycles. The molecule has 0 unspecified atom stereocenters. The average Bonchev–Trinajstić information content (AvgIpc) is 2.47. The second-order valence-electron chi connectivity index (χ2n) is 4.14. The highest BCUT2D eigenvalue weighted by atomic mass is 16.5. The smallest absolute Gasteiger partial charge is 0.225 e. The number of rotatable bonds is 3. The standard InChI is InChI=1S/C11H18N2O2/c1-7(11(14)13(4)5)6-10-8(2)12-15-9(10)3/h7H,6H2,1-5H3/t7-/m0/s1. The number of carbonyl (C=O) groups is 1. The maximum Gasteiger partial charge on any atom is 0.225 e. The number of aryl methyl sites for hydroxylation is 2. The predicted molar refractivity (Wildman–Crippen MR) is 57.5 cm³/mol. The lowest BCUT2D eigenvalue weighted by Crippen LogP contribution is -2.29. The minimum absolute atomic E-state index is 0.0307. The molecule has 1 rings (SSSR count). The Kier molecular flexibility index (Phi) is 3.50. The molecule has 0 aliphatic carbocycles. The van der Waals surface area contributed by atoms with Crippen molar-refractivity contribution in [1.29, 1.82) is 0 Å². The Morgan fingerprint density at radius 3 is 2.47 bits per heavy atom. The lowest BCUT2D eigenvalue weighted by Gasteiger charge is -2.16. The summed E-state index contributed by atoms with van der Waals surface area (Å²) in [5, 5.41) is 3.87. The topological polar surface area (TPSA) is 46.3 Å². The molecule has 1 atom stereocenters. The van der Waals surface area contributed by atoms with Gasteiger partial charge in [-0.15, -0.1) is 0 Å². The van der Waals surface area contributed by atoms with Gasteiger partial charge in [0.25, 0.3) is 0 Å². The second-order valence-corrected chi connectivity index (χ2v) is 4.14. The Morgan fingerprint density at radius 1 is 1.47 bits per heavy atom. The Labute approximate surface area is 90.2 Å². The number of aromatic nitrogens is 1. The van der Waals surface area contributed by atoms with Crippen LogP contribution in [0.3, 0.4) is 0 Å². The first-order valence-corrected chi connectivity index (χ1v) is 5.06. The van der Waals surface area contributed by atoms with Crippen LogP contribution in [0.15, 0.2) is 4.52 Å². The maximum atomic E-state index is 11.7. The van der Waals surface area contributed by atoms with Gasteiger partial charge in [0.05, 0.1) is 5.69 Å². The summed E-state index contributed by atoms with van der Waals surface area (Å²) in [6, 6.07) is 0. The molecule has 1 amide bonds. The van der Waals surface area contributed by atoms with E-state index in [0.29, 0.717) is 6.42 Å². The highest BCUT2D eigenvalue weighted by Crippen LogP contribution is 2.17. The zero-order chi connectivity index (χ0) is 11.6. The molecular weight excluding hydrogens is 192 g/mol. The third kappa shape index (κ3) is 2.58. The molecule has 0 aromatic carbocycles. The van der Waals surface area contributed by atoms with E-state index in [-0.39, 0.29) is 11.8 Å². The summed E-state index contributed by atoms with van der Waals surface area (Å²) in [6.07, 6.45) is 0.693. The summed E-state index contributed by atoms with van der Waals surface area (Å²) in [6.45, 7) is 5.70. The Morgan fingerprint density at radius 2 is 2.07 bits per heavy atom. The van der Waals surface area contributed by atoms with Crippen molar-refractivity contribution in [1.82, 2.24) is 10.1 Å². The number of hydrogen-bond acceptors (Lipinski definition) is 3. The zero-order valence-corrected chi connectivity index (χ0v) is 10.00. The van der Waals surface area contributed by atoms with Crippen molar-refractivity contribution in [3.8, 4) is 0 Å². The van der Waals surface area contributed by atoms with Gasteiger partial charge in [-0.05, 0) is 20.3 Å². The van der Waals surface area contributed by atoms with Crippen LogP contribution in [0.2, 0.25) is 0 Å². The van der Waals surface area contributed by atoms with Gasteiger partial charge in [0.1, 0.15) is 5.76 Å². The van der Waals surface area contributed by atoms with Crippen molar-refractivity contribution in [3.05, 3.63) is 17.0 Å². The SMILES string of the molecule is Cc1noc(C)c1C[C@H](C)C(=O)N(C)C. The van der Waals surface area contributed by atoms with Gasteiger partial charge >= 0.3 is 0 Å². The van der Waals surface area contributed by atoms with Crippen LogP contribution in [0.5, 0.6) is 0 Å². The van der Waals surface area contributed by atoms with Crippen LogP contribution in [-0.2, 0) is 11.2 Å². The molecular formula is C11H18N2O2. The first kappa shape index (κ1) is 11.8. The molecule has 0 aliphatic heterocycles. The third-order valence-electron chi connectivity index (χ3n) is 2.55. The summed E-state index contributed by atoms with van der Waals surface area (Å²) >= 11 is 0. The van der Waals surface area contributed by atoms with E-state index < -0.39 is 0 Å². The fourth-order valence-corrected chi connectivity index (χ4v) is 1.63. The predicted octanol–water partition coefficient (Wildman–Crippen LogP) is 1.56. The Balaban J connectivity index is 2.74. The van der Waals surface area contributed by atoms with Crippen molar-refractivity contribution >= 4 is 5.91 Å². The van der Waals surface area contributed by atoms with Crippen LogP contribution in [0.4, 0.5) is 0 Å². The summed E-state index contributed by atoms with van der Waals surface area (Å²) in [5.41, 5.74) is 1.93. The molecule has 1 heterocycles. The summed E-state index contributed by atoms with van der Waals surface area (Å²) in [7, 11) is 3.54. The first-order valence-electron chi connectivity index (χ1n) is 5.06. The fraction of sp³-hybridized carbons (Fsp3) is 0.636. The lowest BCUT2D eigenvalue weighted by molar-refractivity contribution is -0.132. The summed E-state index contributed by atoms with van der Waals surface area (Å²) in [4.78, 5) is 13.3. The van der Waals surface area contributed by atoms with E-state index in [2.05, 4.69) is 5.16 Å². The zero-order valence-electron chi connectivity index (χ0n) is 10.00. The lowest BCUT2D eigenvalue weighted by atomic mass is 9.99. The first-order chi connectivity index (χ1) is 6.93. The Bertz CT molecular complexity index is 336.